The first-order valence-corrected chi connectivity index (χ1v) is 3.83. The van der Waals surface area contributed by atoms with Crippen molar-refractivity contribution in [2.24, 2.45) is 5.73 Å². The van der Waals surface area contributed by atoms with Gasteiger partial charge in [0.25, 0.3) is 0 Å². The van der Waals surface area contributed by atoms with Gasteiger partial charge in [-0.1, -0.05) is 0 Å². The Morgan fingerprint density at radius 2 is 2.23 bits per heavy atom. The number of hydrogen-bond acceptors (Lipinski definition) is 5. The SMILES string of the molecule is COC(=O)C(N)Cc1ncccn1. The summed E-state index contributed by atoms with van der Waals surface area (Å²) in [6, 6.07) is 1.01. The first kappa shape index (κ1) is 9.60. The predicted octanol–water partition coefficient (Wildman–Crippen LogP) is -0.481. The van der Waals surface area contributed by atoms with E-state index in [1.54, 1.807) is 18.5 Å². The molecule has 0 saturated carbocycles. The number of aromatic nitrogens is 2. The lowest BCUT2D eigenvalue weighted by Gasteiger charge is -2.06. The average molecular weight is 181 g/mol. The van der Waals surface area contributed by atoms with Crippen LogP contribution < -0.4 is 5.73 Å². The minimum Gasteiger partial charge on any atom is -0.468 e. The van der Waals surface area contributed by atoms with E-state index in [2.05, 4.69) is 14.7 Å². The van der Waals surface area contributed by atoms with Gasteiger partial charge in [0.05, 0.1) is 7.11 Å². The summed E-state index contributed by atoms with van der Waals surface area (Å²) in [7, 11) is 1.30. The molecule has 1 unspecified atom stereocenters. The fourth-order valence-corrected chi connectivity index (χ4v) is 0.867. The third-order valence-electron chi connectivity index (χ3n) is 1.53. The molecule has 1 atom stereocenters. The lowest BCUT2D eigenvalue weighted by molar-refractivity contribution is -0.142. The lowest BCUT2D eigenvalue weighted by Crippen LogP contribution is -2.34. The van der Waals surface area contributed by atoms with E-state index in [0.29, 0.717) is 12.2 Å². The minimum atomic E-state index is -0.688. The molecule has 1 aromatic rings. The molecule has 5 heteroatoms. The van der Waals surface area contributed by atoms with Crippen LogP contribution in [0.4, 0.5) is 0 Å². The van der Waals surface area contributed by atoms with Crippen molar-refractivity contribution in [3.63, 3.8) is 0 Å². The molecule has 0 bridgehead atoms. The van der Waals surface area contributed by atoms with E-state index in [0.717, 1.165) is 0 Å². The van der Waals surface area contributed by atoms with Crippen LogP contribution in [0.1, 0.15) is 5.82 Å². The normalized spacial score (nSPS) is 12.2. The fraction of sp³-hybridized carbons (Fsp3) is 0.375. The van der Waals surface area contributed by atoms with Gasteiger partial charge in [-0.05, 0) is 6.07 Å². The third kappa shape index (κ3) is 2.79. The molecule has 1 aromatic heterocycles. The zero-order chi connectivity index (χ0) is 9.68. The van der Waals surface area contributed by atoms with Gasteiger partial charge in [0, 0.05) is 18.8 Å². The monoisotopic (exact) mass is 181 g/mol. The average Bonchev–Trinajstić information content (AvgIpc) is 2.18. The quantitative estimate of drug-likeness (QED) is 0.637. The zero-order valence-corrected chi connectivity index (χ0v) is 7.30. The maximum absolute atomic E-state index is 10.9. The van der Waals surface area contributed by atoms with E-state index >= 15 is 0 Å². The maximum atomic E-state index is 10.9. The smallest absolute Gasteiger partial charge is 0.323 e. The Hall–Kier alpha value is -1.49. The summed E-state index contributed by atoms with van der Waals surface area (Å²) in [6.07, 6.45) is 3.51. The highest BCUT2D eigenvalue weighted by Gasteiger charge is 2.14. The predicted molar refractivity (Wildman–Crippen MR) is 45.7 cm³/mol. The van der Waals surface area contributed by atoms with E-state index in [-0.39, 0.29) is 0 Å². The third-order valence-corrected chi connectivity index (χ3v) is 1.53. The molecular weight excluding hydrogens is 170 g/mol. The van der Waals surface area contributed by atoms with Gasteiger partial charge in [0.2, 0.25) is 0 Å². The highest BCUT2D eigenvalue weighted by Crippen LogP contribution is 1.94. The summed E-state index contributed by atoms with van der Waals surface area (Å²) >= 11 is 0. The van der Waals surface area contributed by atoms with Crippen molar-refractivity contribution in [3.8, 4) is 0 Å². The number of hydrogen-bond donors (Lipinski definition) is 1. The standard InChI is InChI=1S/C8H11N3O2/c1-13-8(12)6(9)5-7-10-3-2-4-11-7/h2-4,6H,5,9H2,1H3. The van der Waals surface area contributed by atoms with Crippen LogP contribution in [0.25, 0.3) is 0 Å². The first-order valence-electron chi connectivity index (χ1n) is 3.83. The van der Waals surface area contributed by atoms with Crippen molar-refractivity contribution in [2.45, 2.75) is 12.5 Å². The molecule has 0 amide bonds. The number of ether oxygens (including phenoxy) is 1. The first-order chi connectivity index (χ1) is 6.24. The summed E-state index contributed by atoms with van der Waals surface area (Å²) in [5.41, 5.74) is 5.51. The zero-order valence-electron chi connectivity index (χ0n) is 7.30. The van der Waals surface area contributed by atoms with Crippen molar-refractivity contribution >= 4 is 5.97 Å². The second-order valence-corrected chi connectivity index (χ2v) is 2.50. The number of esters is 1. The Morgan fingerprint density at radius 1 is 1.62 bits per heavy atom. The van der Waals surface area contributed by atoms with Crippen molar-refractivity contribution < 1.29 is 9.53 Å². The highest BCUT2D eigenvalue weighted by molar-refractivity contribution is 5.75. The van der Waals surface area contributed by atoms with Crippen LogP contribution in [0.5, 0.6) is 0 Å². The molecule has 0 radical (unpaired) electrons. The maximum Gasteiger partial charge on any atom is 0.323 e. The summed E-state index contributed by atoms with van der Waals surface area (Å²) in [5.74, 6) is 0.0906. The number of carbonyl (C=O) groups is 1. The van der Waals surface area contributed by atoms with Crippen LogP contribution in [-0.2, 0) is 16.0 Å². The van der Waals surface area contributed by atoms with Crippen molar-refractivity contribution in [1.82, 2.24) is 9.97 Å². The topological polar surface area (TPSA) is 78.1 Å². The van der Waals surface area contributed by atoms with E-state index < -0.39 is 12.0 Å². The Kier molecular flexibility index (Phi) is 3.33. The molecule has 70 valence electrons. The van der Waals surface area contributed by atoms with Crippen molar-refractivity contribution in [1.29, 1.82) is 0 Å². The molecular formula is C8H11N3O2. The van der Waals surface area contributed by atoms with E-state index in [1.165, 1.54) is 7.11 Å². The van der Waals surface area contributed by atoms with Gasteiger partial charge in [0.15, 0.2) is 0 Å². The van der Waals surface area contributed by atoms with Crippen LogP contribution in [0.2, 0.25) is 0 Å². The second-order valence-electron chi connectivity index (χ2n) is 2.50. The van der Waals surface area contributed by atoms with Crippen LogP contribution in [0.3, 0.4) is 0 Å². The molecule has 0 aromatic carbocycles. The number of methoxy groups -OCH3 is 1. The summed E-state index contributed by atoms with van der Waals surface area (Å²) < 4.78 is 4.46. The molecule has 0 fully saturated rings. The number of rotatable bonds is 3. The van der Waals surface area contributed by atoms with Crippen molar-refractivity contribution in [3.05, 3.63) is 24.3 Å². The van der Waals surface area contributed by atoms with Gasteiger partial charge in [-0.2, -0.15) is 0 Å². The molecule has 1 rings (SSSR count). The highest BCUT2D eigenvalue weighted by atomic mass is 16.5. The van der Waals surface area contributed by atoms with Crippen molar-refractivity contribution in [2.75, 3.05) is 7.11 Å². The van der Waals surface area contributed by atoms with Gasteiger partial charge in [0.1, 0.15) is 11.9 Å². The van der Waals surface area contributed by atoms with Gasteiger partial charge in [-0.15, -0.1) is 0 Å². The molecule has 0 saturated heterocycles. The minimum absolute atomic E-state index is 0.299. The molecule has 2 N–H and O–H groups in total. The van der Waals surface area contributed by atoms with Crippen LogP contribution in [0, 0.1) is 0 Å². The molecule has 5 nitrogen and oxygen atoms in total. The molecule has 0 aliphatic carbocycles. The largest absolute Gasteiger partial charge is 0.468 e. The lowest BCUT2D eigenvalue weighted by atomic mass is 10.2. The summed E-state index contributed by atoms with van der Waals surface area (Å²) in [6.45, 7) is 0. The van der Waals surface area contributed by atoms with Crippen LogP contribution in [-0.4, -0.2) is 29.1 Å². The molecule has 13 heavy (non-hydrogen) atoms. The van der Waals surface area contributed by atoms with E-state index in [1.807, 2.05) is 0 Å². The van der Waals surface area contributed by atoms with Crippen LogP contribution in [0.15, 0.2) is 18.5 Å². The van der Waals surface area contributed by atoms with E-state index in [4.69, 9.17) is 5.73 Å². The Labute approximate surface area is 75.9 Å². The number of nitrogens with zero attached hydrogens (tertiary/aromatic N) is 2. The van der Waals surface area contributed by atoms with E-state index in [9.17, 15) is 4.79 Å². The summed E-state index contributed by atoms with van der Waals surface area (Å²) in [4.78, 5) is 18.8. The van der Waals surface area contributed by atoms with Gasteiger partial charge in [-0.25, -0.2) is 9.97 Å². The fourth-order valence-electron chi connectivity index (χ4n) is 0.867. The molecule has 1 heterocycles. The van der Waals surface area contributed by atoms with Gasteiger partial charge >= 0.3 is 5.97 Å². The summed E-state index contributed by atoms with van der Waals surface area (Å²) in [5, 5.41) is 0. The Balaban J connectivity index is 2.55. The second kappa shape index (κ2) is 4.51. The number of nitrogens with two attached hydrogens (primary N) is 1. The Morgan fingerprint density at radius 3 is 2.77 bits per heavy atom. The van der Waals surface area contributed by atoms with Gasteiger partial charge in [-0.3, -0.25) is 4.79 Å². The molecule has 0 aliphatic rings. The van der Waals surface area contributed by atoms with Crippen LogP contribution >= 0.6 is 0 Å². The Bertz CT molecular complexity index is 276. The molecule has 0 spiro atoms. The molecule has 0 aliphatic heterocycles. The number of carbonyl (C=O) groups excluding carboxylic acids is 1. The van der Waals surface area contributed by atoms with Gasteiger partial charge < -0.3 is 10.5 Å².